The number of likely N-dealkylation sites (tertiary alicyclic amines) is 1. The van der Waals surface area contributed by atoms with Crippen molar-refractivity contribution in [2.45, 2.75) is 26.3 Å². The van der Waals surface area contributed by atoms with Crippen LogP contribution in [0.2, 0.25) is 0 Å². The second-order valence-corrected chi connectivity index (χ2v) is 7.15. The summed E-state index contributed by atoms with van der Waals surface area (Å²) < 4.78 is 5.34. The van der Waals surface area contributed by atoms with E-state index in [1.54, 1.807) is 12.0 Å². The Kier molecular flexibility index (Phi) is 4.55. The third kappa shape index (κ3) is 3.01. The third-order valence-corrected chi connectivity index (χ3v) is 5.39. The molecule has 2 amide bonds. The molecule has 3 aromatic rings. The highest BCUT2D eigenvalue weighted by molar-refractivity contribution is 6.02. The molecule has 2 aromatic carbocycles. The van der Waals surface area contributed by atoms with Gasteiger partial charge in [-0.25, -0.2) is 0 Å². The first kappa shape index (κ1) is 18.1. The molecule has 0 bridgehead atoms. The summed E-state index contributed by atoms with van der Waals surface area (Å²) in [7, 11) is 1.61. The SMILES string of the molecule is COc1ccc2[nH]cc([C@H](C(=O)Nc3c(C)cccc3C)N3CCC3=O)c2c1. The zero-order chi connectivity index (χ0) is 19.8. The number of carbonyl (C=O) groups excluding carboxylic acids is 2. The number of rotatable bonds is 5. The molecule has 2 N–H and O–H groups in total. The second kappa shape index (κ2) is 7.03. The van der Waals surface area contributed by atoms with Crippen LogP contribution in [-0.2, 0) is 9.59 Å². The van der Waals surface area contributed by atoms with Crippen LogP contribution >= 0.6 is 0 Å². The van der Waals surface area contributed by atoms with E-state index in [1.165, 1.54) is 0 Å². The van der Waals surface area contributed by atoms with E-state index >= 15 is 0 Å². The fourth-order valence-electron chi connectivity index (χ4n) is 3.73. The van der Waals surface area contributed by atoms with Gasteiger partial charge in [0.2, 0.25) is 5.91 Å². The molecule has 1 aromatic heterocycles. The van der Waals surface area contributed by atoms with E-state index in [2.05, 4.69) is 10.3 Å². The first-order valence-electron chi connectivity index (χ1n) is 9.31. The van der Waals surface area contributed by atoms with Crippen molar-refractivity contribution in [3.05, 3.63) is 59.3 Å². The van der Waals surface area contributed by atoms with Gasteiger partial charge in [-0.3, -0.25) is 9.59 Å². The summed E-state index contributed by atoms with van der Waals surface area (Å²) in [5.41, 5.74) is 4.44. The van der Waals surface area contributed by atoms with Gasteiger partial charge < -0.3 is 19.9 Å². The maximum atomic E-state index is 13.3. The van der Waals surface area contributed by atoms with Gasteiger partial charge in [0.25, 0.3) is 5.91 Å². The van der Waals surface area contributed by atoms with E-state index in [9.17, 15) is 9.59 Å². The van der Waals surface area contributed by atoms with Crippen LogP contribution in [0.5, 0.6) is 5.75 Å². The van der Waals surface area contributed by atoms with Crippen molar-refractivity contribution in [1.82, 2.24) is 9.88 Å². The number of para-hydroxylation sites is 1. The van der Waals surface area contributed by atoms with E-state index in [0.717, 1.165) is 33.3 Å². The van der Waals surface area contributed by atoms with Gasteiger partial charge in [0, 0.05) is 41.3 Å². The monoisotopic (exact) mass is 377 g/mol. The molecule has 0 saturated carbocycles. The van der Waals surface area contributed by atoms with Crippen LogP contribution in [-0.4, -0.2) is 35.4 Å². The molecule has 0 radical (unpaired) electrons. The zero-order valence-corrected chi connectivity index (χ0v) is 16.2. The Morgan fingerprint density at radius 1 is 1.21 bits per heavy atom. The van der Waals surface area contributed by atoms with Crippen LogP contribution in [0.15, 0.2) is 42.6 Å². The number of amides is 2. The quantitative estimate of drug-likeness (QED) is 0.666. The number of aromatic nitrogens is 1. The Morgan fingerprint density at radius 3 is 2.57 bits per heavy atom. The number of H-pyrrole nitrogens is 1. The largest absolute Gasteiger partial charge is 0.497 e. The Labute approximate surface area is 163 Å². The molecule has 1 aliphatic heterocycles. The lowest BCUT2D eigenvalue weighted by Gasteiger charge is -2.37. The predicted octanol–water partition coefficient (Wildman–Crippen LogP) is 3.71. The molecule has 0 aliphatic carbocycles. The maximum Gasteiger partial charge on any atom is 0.251 e. The lowest BCUT2D eigenvalue weighted by atomic mass is 9.98. The number of nitrogens with zero attached hydrogens (tertiary/aromatic N) is 1. The fourth-order valence-corrected chi connectivity index (χ4v) is 3.73. The van der Waals surface area contributed by atoms with E-state index in [4.69, 9.17) is 4.74 Å². The predicted molar refractivity (Wildman–Crippen MR) is 108 cm³/mol. The zero-order valence-electron chi connectivity index (χ0n) is 16.2. The minimum Gasteiger partial charge on any atom is -0.497 e. The summed E-state index contributed by atoms with van der Waals surface area (Å²) in [4.78, 5) is 30.4. The highest BCUT2D eigenvalue weighted by atomic mass is 16.5. The highest BCUT2D eigenvalue weighted by Crippen LogP contribution is 2.35. The molecule has 2 heterocycles. The molecule has 28 heavy (non-hydrogen) atoms. The molecule has 0 spiro atoms. The first-order valence-corrected chi connectivity index (χ1v) is 9.31. The Morgan fingerprint density at radius 2 is 1.96 bits per heavy atom. The highest BCUT2D eigenvalue weighted by Gasteiger charge is 2.38. The summed E-state index contributed by atoms with van der Waals surface area (Å²) >= 11 is 0. The number of anilines is 1. The van der Waals surface area contributed by atoms with Crippen molar-refractivity contribution < 1.29 is 14.3 Å². The number of hydrogen-bond acceptors (Lipinski definition) is 3. The average molecular weight is 377 g/mol. The van der Waals surface area contributed by atoms with Gasteiger partial charge in [0.1, 0.15) is 11.8 Å². The summed E-state index contributed by atoms with van der Waals surface area (Å²) in [6.07, 6.45) is 2.28. The van der Waals surface area contributed by atoms with Crippen LogP contribution < -0.4 is 10.1 Å². The molecule has 1 fully saturated rings. The number of fused-ring (bicyclic) bond motifs is 1. The van der Waals surface area contributed by atoms with Gasteiger partial charge in [0.05, 0.1) is 7.11 Å². The molecule has 0 unspecified atom stereocenters. The summed E-state index contributed by atoms with van der Waals surface area (Å²) in [5, 5.41) is 3.93. The standard InChI is InChI=1S/C22H23N3O3/c1-13-5-4-6-14(2)20(13)24-22(27)21(25-10-9-19(25)26)17-12-23-18-8-7-15(28-3)11-16(17)18/h4-8,11-12,21,23H,9-10H2,1-3H3,(H,24,27)/t21-/m1/s1. The van der Waals surface area contributed by atoms with Gasteiger partial charge >= 0.3 is 0 Å². The Balaban J connectivity index is 1.76. The molecular weight excluding hydrogens is 354 g/mol. The summed E-state index contributed by atoms with van der Waals surface area (Å²) in [6, 6.07) is 10.9. The van der Waals surface area contributed by atoms with Crippen LogP contribution in [0.4, 0.5) is 5.69 Å². The molecule has 1 saturated heterocycles. The number of nitrogens with one attached hydrogen (secondary N) is 2. The van der Waals surface area contributed by atoms with Gasteiger partial charge in [0.15, 0.2) is 0 Å². The van der Waals surface area contributed by atoms with Gasteiger partial charge in [-0.2, -0.15) is 0 Å². The van der Waals surface area contributed by atoms with Gasteiger partial charge in [-0.1, -0.05) is 18.2 Å². The number of β-lactam (4-membered cyclic amide) rings is 1. The first-order chi connectivity index (χ1) is 13.5. The topological polar surface area (TPSA) is 74.4 Å². The van der Waals surface area contributed by atoms with E-state index in [0.29, 0.717) is 18.7 Å². The molecule has 1 atom stereocenters. The van der Waals surface area contributed by atoms with Crippen molar-refractivity contribution in [2.24, 2.45) is 0 Å². The summed E-state index contributed by atoms with van der Waals surface area (Å²) in [6.45, 7) is 4.49. The molecule has 144 valence electrons. The smallest absolute Gasteiger partial charge is 0.251 e. The molecule has 1 aliphatic rings. The molecular formula is C22H23N3O3. The minimum atomic E-state index is -0.693. The fraction of sp³-hybridized carbons (Fsp3) is 0.273. The van der Waals surface area contributed by atoms with E-state index in [-0.39, 0.29) is 11.8 Å². The van der Waals surface area contributed by atoms with Crippen molar-refractivity contribution in [1.29, 1.82) is 0 Å². The number of benzene rings is 2. The minimum absolute atomic E-state index is 0.0149. The lowest BCUT2D eigenvalue weighted by Crippen LogP contribution is -2.49. The number of ether oxygens (including phenoxy) is 1. The van der Waals surface area contributed by atoms with Crippen molar-refractivity contribution >= 4 is 28.4 Å². The van der Waals surface area contributed by atoms with Crippen molar-refractivity contribution in [2.75, 3.05) is 19.0 Å². The van der Waals surface area contributed by atoms with Crippen LogP contribution in [0.3, 0.4) is 0 Å². The van der Waals surface area contributed by atoms with Crippen LogP contribution in [0, 0.1) is 13.8 Å². The summed E-state index contributed by atoms with van der Waals surface area (Å²) in [5.74, 6) is 0.477. The molecule has 6 heteroatoms. The van der Waals surface area contributed by atoms with Gasteiger partial charge in [-0.05, 0) is 43.2 Å². The Hall–Kier alpha value is -3.28. The maximum absolute atomic E-state index is 13.3. The average Bonchev–Trinajstić information content (AvgIpc) is 3.10. The van der Waals surface area contributed by atoms with E-state index < -0.39 is 6.04 Å². The number of aromatic amines is 1. The van der Waals surface area contributed by atoms with Crippen LogP contribution in [0.25, 0.3) is 10.9 Å². The van der Waals surface area contributed by atoms with E-state index in [1.807, 2.05) is 56.4 Å². The number of methoxy groups -OCH3 is 1. The van der Waals surface area contributed by atoms with Crippen molar-refractivity contribution in [3.63, 3.8) is 0 Å². The van der Waals surface area contributed by atoms with Crippen molar-refractivity contribution in [3.8, 4) is 5.75 Å². The number of aryl methyl sites for hydroxylation is 2. The third-order valence-electron chi connectivity index (χ3n) is 5.39. The molecule has 4 rings (SSSR count). The lowest BCUT2D eigenvalue weighted by molar-refractivity contribution is -0.147. The number of carbonyl (C=O) groups is 2. The number of hydrogen-bond donors (Lipinski definition) is 2. The van der Waals surface area contributed by atoms with Crippen LogP contribution in [0.1, 0.15) is 29.2 Å². The second-order valence-electron chi connectivity index (χ2n) is 7.15. The molecule has 6 nitrogen and oxygen atoms in total. The van der Waals surface area contributed by atoms with Gasteiger partial charge in [-0.15, -0.1) is 0 Å². The normalized spacial score (nSPS) is 14.7. The Bertz CT molecular complexity index is 1050.